The summed E-state index contributed by atoms with van der Waals surface area (Å²) in [6.45, 7) is 6.80. The molecule has 0 amide bonds. The number of unbranched alkanes of at least 4 members (excludes halogenated alkanes) is 3. The number of nitrogens with one attached hydrogen (secondary N) is 1. The molecule has 20 heavy (non-hydrogen) atoms. The van der Waals surface area contributed by atoms with E-state index in [9.17, 15) is 0 Å². The van der Waals surface area contributed by atoms with Crippen molar-refractivity contribution in [2.45, 2.75) is 46.0 Å². The van der Waals surface area contributed by atoms with Crippen molar-refractivity contribution in [3.8, 4) is 5.75 Å². The summed E-state index contributed by atoms with van der Waals surface area (Å²) in [5.41, 5.74) is 1.38. The summed E-state index contributed by atoms with van der Waals surface area (Å²) in [6, 6.07) is 6.37. The molecule has 2 nitrogen and oxygen atoms in total. The van der Waals surface area contributed by atoms with E-state index in [4.69, 9.17) is 4.74 Å². The molecular weight excluding hydrogens is 314 g/mol. The second-order valence-corrected chi connectivity index (χ2v) is 6.59. The Morgan fingerprint density at radius 3 is 2.55 bits per heavy atom. The molecule has 3 heteroatoms. The van der Waals surface area contributed by atoms with E-state index < -0.39 is 0 Å². The molecule has 0 radical (unpaired) electrons. The number of halogens is 1. The maximum atomic E-state index is 5.24. The van der Waals surface area contributed by atoms with E-state index in [-0.39, 0.29) is 0 Å². The lowest BCUT2D eigenvalue weighted by molar-refractivity contribution is 0.412. The van der Waals surface area contributed by atoms with Gasteiger partial charge in [-0.15, -0.1) is 0 Å². The predicted octanol–water partition coefficient (Wildman–Crippen LogP) is 4.81. The molecule has 0 atom stereocenters. The van der Waals surface area contributed by atoms with Gasteiger partial charge in [0.05, 0.1) is 11.6 Å². The number of ether oxygens (including phenoxy) is 1. The first-order valence-electron chi connectivity index (χ1n) is 7.66. The Hall–Kier alpha value is -0.540. The van der Waals surface area contributed by atoms with Crippen LogP contribution in [0.1, 0.15) is 45.1 Å². The normalized spacial score (nSPS) is 11.1. The molecule has 0 bridgehead atoms. The van der Waals surface area contributed by atoms with Crippen LogP contribution in [0.25, 0.3) is 0 Å². The van der Waals surface area contributed by atoms with Crippen LogP contribution in [0, 0.1) is 5.92 Å². The fraction of sp³-hybridized carbons (Fsp3) is 0.647. The van der Waals surface area contributed by atoms with Gasteiger partial charge in [0.15, 0.2) is 0 Å². The van der Waals surface area contributed by atoms with Gasteiger partial charge in [-0.05, 0) is 71.9 Å². The molecule has 1 aromatic rings. The topological polar surface area (TPSA) is 21.3 Å². The van der Waals surface area contributed by atoms with Gasteiger partial charge in [0.1, 0.15) is 5.75 Å². The Labute approximate surface area is 132 Å². The van der Waals surface area contributed by atoms with Crippen molar-refractivity contribution >= 4 is 15.9 Å². The fourth-order valence-corrected chi connectivity index (χ4v) is 2.78. The van der Waals surface area contributed by atoms with Crippen LogP contribution in [-0.4, -0.2) is 20.2 Å². The van der Waals surface area contributed by atoms with Crippen LogP contribution in [0.3, 0.4) is 0 Å². The van der Waals surface area contributed by atoms with Gasteiger partial charge in [0, 0.05) is 0 Å². The van der Waals surface area contributed by atoms with Crippen molar-refractivity contribution in [3.63, 3.8) is 0 Å². The summed E-state index contributed by atoms with van der Waals surface area (Å²) in [4.78, 5) is 0. The summed E-state index contributed by atoms with van der Waals surface area (Å²) >= 11 is 3.54. The van der Waals surface area contributed by atoms with Crippen LogP contribution >= 0.6 is 15.9 Å². The Kier molecular flexibility index (Phi) is 8.95. The van der Waals surface area contributed by atoms with Crippen molar-refractivity contribution in [1.82, 2.24) is 5.32 Å². The molecule has 0 saturated heterocycles. The summed E-state index contributed by atoms with van der Waals surface area (Å²) in [5.74, 6) is 1.66. The van der Waals surface area contributed by atoms with E-state index in [2.05, 4.69) is 47.2 Å². The Balaban J connectivity index is 2.08. The average molecular weight is 342 g/mol. The maximum Gasteiger partial charge on any atom is 0.133 e. The van der Waals surface area contributed by atoms with Crippen molar-refractivity contribution in [2.24, 2.45) is 5.92 Å². The number of aryl methyl sites for hydroxylation is 1. The quantitative estimate of drug-likeness (QED) is 0.616. The van der Waals surface area contributed by atoms with Crippen molar-refractivity contribution in [2.75, 3.05) is 20.2 Å². The van der Waals surface area contributed by atoms with Gasteiger partial charge in [-0.25, -0.2) is 0 Å². The molecule has 0 heterocycles. The standard InChI is InChI=1S/C17H28BrNO/c1-14(2)13-19-11-7-5-4-6-8-15-9-10-17(20-3)16(18)12-15/h9-10,12,14,19H,4-8,11,13H2,1-3H3. The first-order chi connectivity index (χ1) is 9.63. The minimum absolute atomic E-state index is 0.753. The molecule has 1 aromatic carbocycles. The Morgan fingerprint density at radius 2 is 1.90 bits per heavy atom. The van der Waals surface area contributed by atoms with Crippen LogP contribution in [0.4, 0.5) is 0 Å². The summed E-state index contributed by atoms with van der Waals surface area (Å²) in [7, 11) is 1.70. The molecule has 0 aliphatic carbocycles. The predicted molar refractivity (Wildman–Crippen MR) is 90.6 cm³/mol. The van der Waals surface area contributed by atoms with Crippen molar-refractivity contribution in [3.05, 3.63) is 28.2 Å². The van der Waals surface area contributed by atoms with Gasteiger partial charge in [0.2, 0.25) is 0 Å². The zero-order valence-corrected chi connectivity index (χ0v) is 14.6. The number of methoxy groups -OCH3 is 1. The highest BCUT2D eigenvalue weighted by Gasteiger charge is 2.01. The summed E-state index contributed by atoms with van der Waals surface area (Å²) in [5, 5.41) is 3.49. The second kappa shape index (κ2) is 10.2. The van der Waals surface area contributed by atoms with Crippen LogP contribution in [0.15, 0.2) is 22.7 Å². The van der Waals surface area contributed by atoms with Gasteiger partial charge in [-0.2, -0.15) is 0 Å². The summed E-state index contributed by atoms with van der Waals surface area (Å²) in [6.07, 6.45) is 6.35. The van der Waals surface area contributed by atoms with Gasteiger partial charge >= 0.3 is 0 Å². The largest absolute Gasteiger partial charge is 0.496 e. The van der Waals surface area contributed by atoms with Crippen molar-refractivity contribution < 1.29 is 4.74 Å². The van der Waals surface area contributed by atoms with E-state index >= 15 is 0 Å². The average Bonchev–Trinajstić information content (AvgIpc) is 2.41. The molecule has 114 valence electrons. The van der Waals surface area contributed by atoms with Crippen LogP contribution in [0.2, 0.25) is 0 Å². The number of hydrogen-bond donors (Lipinski definition) is 1. The highest BCUT2D eigenvalue weighted by Crippen LogP contribution is 2.26. The van der Waals surface area contributed by atoms with Crippen LogP contribution < -0.4 is 10.1 Å². The van der Waals surface area contributed by atoms with E-state index in [1.54, 1.807) is 7.11 Å². The summed E-state index contributed by atoms with van der Waals surface area (Å²) < 4.78 is 6.29. The molecule has 0 unspecified atom stereocenters. The van der Waals surface area contributed by atoms with Crippen LogP contribution in [-0.2, 0) is 6.42 Å². The third-order valence-corrected chi connectivity index (χ3v) is 3.96. The molecule has 1 N–H and O–H groups in total. The number of rotatable bonds is 10. The van der Waals surface area contributed by atoms with Gasteiger partial charge in [-0.3, -0.25) is 0 Å². The molecule has 0 aromatic heterocycles. The van der Waals surface area contributed by atoms with Gasteiger partial charge in [0.25, 0.3) is 0 Å². The maximum absolute atomic E-state index is 5.24. The molecule has 0 spiro atoms. The molecule has 0 fully saturated rings. The van der Waals surface area contributed by atoms with Crippen molar-refractivity contribution in [1.29, 1.82) is 0 Å². The Morgan fingerprint density at radius 1 is 1.15 bits per heavy atom. The highest BCUT2D eigenvalue weighted by atomic mass is 79.9. The minimum Gasteiger partial charge on any atom is -0.496 e. The molecule has 0 saturated carbocycles. The first kappa shape index (κ1) is 17.5. The third kappa shape index (κ3) is 7.30. The smallest absolute Gasteiger partial charge is 0.133 e. The lowest BCUT2D eigenvalue weighted by Gasteiger charge is -2.08. The number of benzene rings is 1. The monoisotopic (exact) mass is 341 g/mol. The lowest BCUT2D eigenvalue weighted by atomic mass is 10.1. The second-order valence-electron chi connectivity index (χ2n) is 5.73. The molecule has 0 aliphatic rings. The minimum atomic E-state index is 0.753. The van der Waals surface area contributed by atoms with E-state index in [0.29, 0.717) is 0 Å². The van der Waals surface area contributed by atoms with E-state index in [1.165, 1.54) is 31.2 Å². The van der Waals surface area contributed by atoms with E-state index in [1.807, 2.05) is 6.07 Å². The fourth-order valence-electron chi connectivity index (χ4n) is 2.19. The lowest BCUT2D eigenvalue weighted by Crippen LogP contribution is -2.20. The van der Waals surface area contributed by atoms with Gasteiger partial charge < -0.3 is 10.1 Å². The Bertz CT molecular complexity index is 379. The molecule has 1 rings (SSSR count). The molecular formula is C17H28BrNO. The SMILES string of the molecule is COc1ccc(CCCCCCNCC(C)C)cc1Br. The third-order valence-electron chi connectivity index (χ3n) is 3.34. The first-order valence-corrected chi connectivity index (χ1v) is 8.46. The van der Waals surface area contributed by atoms with Crippen LogP contribution in [0.5, 0.6) is 5.75 Å². The van der Waals surface area contributed by atoms with Gasteiger partial charge in [-0.1, -0.05) is 32.8 Å². The zero-order chi connectivity index (χ0) is 14.8. The zero-order valence-electron chi connectivity index (χ0n) is 13.0. The number of hydrogen-bond acceptors (Lipinski definition) is 2. The highest BCUT2D eigenvalue weighted by molar-refractivity contribution is 9.10. The van der Waals surface area contributed by atoms with E-state index in [0.717, 1.165) is 35.7 Å². The molecule has 0 aliphatic heterocycles.